The summed E-state index contributed by atoms with van der Waals surface area (Å²) in [5.74, 6) is 0. The monoisotopic (exact) mass is 834 g/mol. The third-order valence-corrected chi connectivity index (χ3v) is 13.3. The van der Waals surface area contributed by atoms with Gasteiger partial charge in [-0.15, -0.1) is 0 Å². The molecule has 7 heteroatoms. The third-order valence-electron chi connectivity index (χ3n) is 13.3. The van der Waals surface area contributed by atoms with Gasteiger partial charge in [0.2, 0.25) is 0 Å². The highest BCUT2D eigenvalue weighted by Gasteiger charge is 2.17. The van der Waals surface area contributed by atoms with E-state index in [1.165, 1.54) is 0 Å². The summed E-state index contributed by atoms with van der Waals surface area (Å²) in [5.41, 5.74) is 17.3. The molecule has 0 aliphatic rings. The summed E-state index contributed by atoms with van der Waals surface area (Å²) >= 11 is 0. The van der Waals surface area contributed by atoms with Crippen molar-refractivity contribution in [3.8, 4) is 44.5 Å². The van der Waals surface area contributed by atoms with E-state index in [1.807, 2.05) is 36.7 Å². The molecule has 8 aromatic carbocycles. The molecular formula is C58H30N2O5. The summed E-state index contributed by atoms with van der Waals surface area (Å²) < 4.78 is 31.3. The Balaban J connectivity index is 0.796. The Labute approximate surface area is 367 Å². The van der Waals surface area contributed by atoms with Crippen molar-refractivity contribution in [3.05, 3.63) is 183 Å². The van der Waals surface area contributed by atoms with Crippen molar-refractivity contribution < 1.29 is 22.1 Å². The molecule has 7 heterocycles. The number of nitrogens with zero attached hydrogens (tertiary/aromatic N) is 2. The summed E-state index contributed by atoms with van der Waals surface area (Å²) in [5, 5.41) is 10.5. The van der Waals surface area contributed by atoms with Crippen molar-refractivity contribution in [1.82, 2.24) is 9.97 Å². The van der Waals surface area contributed by atoms with E-state index in [2.05, 4.69) is 143 Å². The van der Waals surface area contributed by atoms with Gasteiger partial charge >= 0.3 is 0 Å². The fourth-order valence-electron chi connectivity index (χ4n) is 10.0. The minimum atomic E-state index is 0.836. The number of hydrogen-bond acceptors (Lipinski definition) is 7. The molecule has 302 valence electrons. The quantitative estimate of drug-likeness (QED) is 0.174. The standard InChI is InChI=1S/C58H30N2O5/c1-9-49-39(21-31(1)33-3-11-51-41(23-33)43-25-35(5-13-53(43)62-51)37-7-15-55-45(27-37)47-29-59-19-17-57(47)64-55)40-22-32(2-10-50(40)61-49)34-4-12-52-42(24-34)44-26-36(6-14-54(44)63-52)38-8-16-56-46(28-38)48-30-60-20-18-58(48)65-56/h1-30H. The van der Waals surface area contributed by atoms with Crippen LogP contribution < -0.4 is 0 Å². The Kier molecular flexibility index (Phi) is 6.83. The van der Waals surface area contributed by atoms with Gasteiger partial charge in [0.15, 0.2) is 0 Å². The molecule has 0 atom stereocenters. The zero-order valence-electron chi connectivity index (χ0n) is 34.3. The molecule has 15 rings (SSSR count). The van der Waals surface area contributed by atoms with Crippen molar-refractivity contribution in [2.45, 2.75) is 0 Å². The lowest BCUT2D eigenvalue weighted by atomic mass is 9.97. The number of benzene rings is 8. The molecule has 0 unspecified atom stereocenters. The van der Waals surface area contributed by atoms with Crippen molar-refractivity contribution in [1.29, 1.82) is 0 Å². The van der Waals surface area contributed by atoms with Gasteiger partial charge in [0.25, 0.3) is 0 Å². The molecule has 0 bridgehead atoms. The molecule has 0 radical (unpaired) electrons. The Morgan fingerprint density at radius 3 is 0.600 bits per heavy atom. The molecule has 0 aliphatic carbocycles. The van der Waals surface area contributed by atoms with Crippen LogP contribution in [0.2, 0.25) is 0 Å². The maximum Gasteiger partial charge on any atom is 0.138 e. The number of furan rings is 5. The first-order chi connectivity index (χ1) is 32.1. The van der Waals surface area contributed by atoms with Crippen LogP contribution in [-0.4, -0.2) is 9.97 Å². The highest BCUT2D eigenvalue weighted by molar-refractivity contribution is 6.13. The smallest absolute Gasteiger partial charge is 0.138 e. The van der Waals surface area contributed by atoms with E-state index in [0.29, 0.717) is 0 Å². The van der Waals surface area contributed by atoms with Gasteiger partial charge in [-0.05, 0) is 154 Å². The first-order valence-corrected chi connectivity index (χ1v) is 21.5. The van der Waals surface area contributed by atoms with Gasteiger partial charge < -0.3 is 22.1 Å². The average Bonchev–Trinajstić information content (AvgIpc) is 4.18. The topological polar surface area (TPSA) is 91.5 Å². The number of hydrogen-bond donors (Lipinski definition) is 0. The highest BCUT2D eigenvalue weighted by Crippen LogP contribution is 2.41. The molecule has 7 aromatic heterocycles. The van der Waals surface area contributed by atoms with Gasteiger partial charge in [-0.2, -0.15) is 0 Å². The van der Waals surface area contributed by atoms with Crippen LogP contribution in [0.1, 0.15) is 0 Å². The summed E-state index contributed by atoms with van der Waals surface area (Å²) in [6.45, 7) is 0. The molecule has 0 fully saturated rings. The van der Waals surface area contributed by atoms with Crippen molar-refractivity contribution in [2.24, 2.45) is 0 Å². The van der Waals surface area contributed by atoms with E-state index in [4.69, 9.17) is 22.1 Å². The predicted molar refractivity (Wildman–Crippen MR) is 260 cm³/mol. The van der Waals surface area contributed by atoms with Gasteiger partial charge in [-0.1, -0.05) is 48.5 Å². The number of rotatable bonds is 4. The van der Waals surface area contributed by atoms with Crippen LogP contribution in [0.3, 0.4) is 0 Å². The van der Waals surface area contributed by atoms with Crippen LogP contribution in [0.25, 0.3) is 154 Å². The van der Waals surface area contributed by atoms with E-state index in [9.17, 15) is 0 Å². The van der Waals surface area contributed by atoms with E-state index in [1.54, 1.807) is 12.4 Å². The number of aromatic nitrogens is 2. The second-order valence-corrected chi connectivity index (χ2v) is 16.9. The lowest BCUT2D eigenvalue weighted by Crippen LogP contribution is -1.80. The molecule has 0 N–H and O–H groups in total. The highest BCUT2D eigenvalue weighted by atomic mass is 16.3. The molecule has 65 heavy (non-hydrogen) atoms. The zero-order chi connectivity index (χ0) is 42.3. The van der Waals surface area contributed by atoms with Gasteiger partial charge in [0.05, 0.1) is 0 Å². The van der Waals surface area contributed by atoms with Crippen molar-refractivity contribution >= 4 is 110 Å². The molecule has 0 amide bonds. The zero-order valence-corrected chi connectivity index (χ0v) is 34.3. The van der Waals surface area contributed by atoms with E-state index in [-0.39, 0.29) is 0 Å². The van der Waals surface area contributed by atoms with Crippen LogP contribution in [0.5, 0.6) is 0 Å². The van der Waals surface area contributed by atoms with E-state index < -0.39 is 0 Å². The van der Waals surface area contributed by atoms with Gasteiger partial charge in [0, 0.05) is 78.6 Å². The lowest BCUT2D eigenvalue weighted by Gasteiger charge is -2.05. The third kappa shape index (κ3) is 5.18. The molecule has 0 saturated carbocycles. The van der Waals surface area contributed by atoms with E-state index >= 15 is 0 Å². The van der Waals surface area contributed by atoms with Crippen LogP contribution in [0.15, 0.2) is 205 Å². The molecule has 7 nitrogen and oxygen atoms in total. The maximum atomic E-state index is 6.42. The first kappa shape index (κ1) is 34.6. The normalized spacial score (nSPS) is 12.3. The SMILES string of the molecule is c1cc2oc3ccc(-c4ccc5oc6ccc(-c7ccc8oc9ccc(-c%10ccc%11oc%12ccc(-c%13ccc%14oc%15ccncc%15c%14c%13)cc%12c%11c%10)cc9c8c7)cc6c5c4)cc3c2cn1. The minimum absolute atomic E-state index is 0.836. The molecule has 15 aromatic rings. The minimum Gasteiger partial charge on any atom is -0.456 e. The van der Waals surface area contributed by atoms with Gasteiger partial charge in [-0.25, -0.2) is 0 Å². The van der Waals surface area contributed by atoms with Gasteiger partial charge in [0.1, 0.15) is 55.8 Å². The maximum absolute atomic E-state index is 6.42. The molecule has 0 saturated heterocycles. The Morgan fingerprint density at radius 1 is 0.200 bits per heavy atom. The average molecular weight is 835 g/mol. The van der Waals surface area contributed by atoms with Crippen LogP contribution in [-0.2, 0) is 0 Å². The van der Waals surface area contributed by atoms with Gasteiger partial charge in [-0.3, -0.25) is 9.97 Å². The second-order valence-electron chi connectivity index (χ2n) is 16.9. The molecular weight excluding hydrogens is 805 g/mol. The van der Waals surface area contributed by atoms with Crippen LogP contribution >= 0.6 is 0 Å². The lowest BCUT2D eigenvalue weighted by molar-refractivity contribution is 0.668. The van der Waals surface area contributed by atoms with Crippen molar-refractivity contribution in [3.63, 3.8) is 0 Å². The summed E-state index contributed by atoms with van der Waals surface area (Å²) in [4.78, 5) is 8.67. The molecule has 0 spiro atoms. The Morgan fingerprint density at radius 2 is 0.385 bits per heavy atom. The summed E-state index contributed by atoms with van der Waals surface area (Å²) in [6, 6.07) is 55.1. The largest absolute Gasteiger partial charge is 0.456 e. The van der Waals surface area contributed by atoms with E-state index in [0.717, 1.165) is 154 Å². The summed E-state index contributed by atoms with van der Waals surface area (Å²) in [7, 11) is 0. The number of pyridine rings is 2. The number of fused-ring (bicyclic) bond motifs is 15. The first-order valence-electron chi connectivity index (χ1n) is 21.5. The fraction of sp³-hybridized carbons (Fsp3) is 0. The summed E-state index contributed by atoms with van der Waals surface area (Å²) in [6.07, 6.45) is 7.25. The Hall–Kier alpha value is -8.94. The van der Waals surface area contributed by atoms with Crippen LogP contribution in [0, 0.1) is 0 Å². The fourth-order valence-corrected chi connectivity index (χ4v) is 10.0. The van der Waals surface area contributed by atoms with Crippen LogP contribution in [0.4, 0.5) is 0 Å². The molecule has 0 aliphatic heterocycles. The van der Waals surface area contributed by atoms with Crippen molar-refractivity contribution in [2.75, 3.05) is 0 Å². The second kappa shape index (κ2) is 12.8. The Bertz CT molecular complexity index is 4210. The predicted octanol–water partition coefficient (Wildman–Crippen LogP) is 16.6.